The van der Waals surface area contributed by atoms with Crippen LogP contribution in [0, 0.1) is 5.92 Å². The van der Waals surface area contributed by atoms with Crippen LogP contribution in [0.1, 0.15) is 19.3 Å². The van der Waals surface area contributed by atoms with Crippen LogP contribution in [-0.4, -0.2) is 31.3 Å². The lowest BCUT2D eigenvalue weighted by Crippen LogP contribution is -2.17. The Bertz CT molecular complexity index is 404. The van der Waals surface area contributed by atoms with Gasteiger partial charge in [0, 0.05) is 6.07 Å². The average Bonchev–Trinajstić information content (AvgIpc) is 2.87. The zero-order chi connectivity index (χ0) is 13.0. The van der Waals surface area contributed by atoms with E-state index in [0.29, 0.717) is 18.1 Å². The lowest BCUT2D eigenvalue weighted by molar-refractivity contribution is -0.145. The first-order valence-electron chi connectivity index (χ1n) is 5.97. The highest BCUT2D eigenvalue weighted by molar-refractivity contribution is 5.72. The normalized spacial score (nSPS) is 22.6. The number of hydrogen-bond donors (Lipinski definition) is 0. The van der Waals surface area contributed by atoms with E-state index in [9.17, 15) is 4.79 Å². The molecule has 18 heavy (non-hydrogen) atoms. The van der Waals surface area contributed by atoms with E-state index < -0.39 is 0 Å². The molecule has 0 aliphatic heterocycles. The lowest BCUT2D eigenvalue weighted by Gasteiger charge is -2.12. The minimum absolute atomic E-state index is 0.0370. The highest BCUT2D eigenvalue weighted by Gasteiger charge is 2.32. The molecular weight excluding hydrogens is 234 g/mol. The summed E-state index contributed by atoms with van der Waals surface area (Å²) in [6, 6.07) is 3.57. The summed E-state index contributed by atoms with van der Waals surface area (Å²) in [5.41, 5.74) is 0. The molecule has 0 saturated heterocycles. The van der Waals surface area contributed by atoms with Crippen LogP contribution >= 0.6 is 0 Å². The van der Waals surface area contributed by atoms with E-state index in [1.54, 1.807) is 25.4 Å². The first-order valence-corrected chi connectivity index (χ1v) is 5.97. The summed E-state index contributed by atoms with van der Waals surface area (Å²) in [5, 5.41) is 0. The molecule has 1 aromatic heterocycles. The lowest BCUT2D eigenvalue weighted by atomic mass is 10.1. The molecule has 98 valence electrons. The third-order valence-electron chi connectivity index (χ3n) is 3.15. The van der Waals surface area contributed by atoms with E-state index in [1.807, 2.05) is 0 Å². The van der Waals surface area contributed by atoms with Crippen molar-refractivity contribution in [1.82, 2.24) is 4.98 Å². The summed E-state index contributed by atoms with van der Waals surface area (Å²) in [7, 11) is 3.01. The fraction of sp³-hybridized carbons (Fsp3) is 0.538. The van der Waals surface area contributed by atoms with Gasteiger partial charge < -0.3 is 14.2 Å². The van der Waals surface area contributed by atoms with Crippen molar-refractivity contribution in [1.29, 1.82) is 0 Å². The predicted octanol–water partition coefficient (Wildman–Crippen LogP) is 1.81. The average molecular weight is 251 g/mol. The van der Waals surface area contributed by atoms with E-state index in [1.165, 1.54) is 7.11 Å². The van der Waals surface area contributed by atoms with Gasteiger partial charge in [0.1, 0.15) is 11.9 Å². The fourth-order valence-corrected chi connectivity index (χ4v) is 2.16. The molecular formula is C13H17NO4. The van der Waals surface area contributed by atoms with E-state index in [0.717, 1.165) is 12.8 Å². The van der Waals surface area contributed by atoms with Crippen molar-refractivity contribution in [3.05, 3.63) is 18.3 Å². The van der Waals surface area contributed by atoms with Crippen molar-refractivity contribution in [2.24, 2.45) is 5.92 Å². The second kappa shape index (κ2) is 5.71. The van der Waals surface area contributed by atoms with Crippen LogP contribution in [0.4, 0.5) is 0 Å². The molecule has 0 aromatic carbocycles. The highest BCUT2D eigenvalue weighted by Crippen LogP contribution is 2.29. The molecule has 0 N–H and O–H groups in total. The van der Waals surface area contributed by atoms with E-state index in [-0.39, 0.29) is 18.0 Å². The van der Waals surface area contributed by atoms with Gasteiger partial charge in [0.05, 0.1) is 26.3 Å². The maximum Gasteiger partial charge on any atom is 0.308 e. The monoisotopic (exact) mass is 251 g/mol. The molecule has 0 spiro atoms. The number of carbonyl (C=O) groups excluding carboxylic acids is 1. The minimum atomic E-state index is -0.149. The second-order valence-corrected chi connectivity index (χ2v) is 4.31. The smallest absolute Gasteiger partial charge is 0.308 e. The first-order chi connectivity index (χ1) is 8.72. The van der Waals surface area contributed by atoms with Gasteiger partial charge in [-0.05, 0) is 25.3 Å². The maximum atomic E-state index is 11.4. The number of ether oxygens (including phenoxy) is 3. The Hall–Kier alpha value is -1.78. The van der Waals surface area contributed by atoms with E-state index >= 15 is 0 Å². The van der Waals surface area contributed by atoms with Crippen LogP contribution in [0.3, 0.4) is 0 Å². The summed E-state index contributed by atoms with van der Waals surface area (Å²) in [6.45, 7) is 0. The van der Waals surface area contributed by atoms with Crippen LogP contribution in [0.15, 0.2) is 18.3 Å². The largest absolute Gasteiger partial charge is 0.495 e. The molecule has 2 rings (SSSR count). The number of hydrogen-bond acceptors (Lipinski definition) is 5. The molecule has 0 bridgehead atoms. The Labute approximate surface area is 106 Å². The van der Waals surface area contributed by atoms with Crippen LogP contribution in [0.2, 0.25) is 0 Å². The second-order valence-electron chi connectivity index (χ2n) is 4.31. The molecule has 2 atom stereocenters. The van der Waals surface area contributed by atoms with Gasteiger partial charge in [0.15, 0.2) is 0 Å². The van der Waals surface area contributed by atoms with Crippen molar-refractivity contribution in [2.45, 2.75) is 25.4 Å². The van der Waals surface area contributed by atoms with Crippen LogP contribution in [-0.2, 0) is 9.53 Å². The molecule has 1 aliphatic rings. The molecule has 1 aromatic rings. The van der Waals surface area contributed by atoms with Gasteiger partial charge in [-0.3, -0.25) is 4.79 Å². The van der Waals surface area contributed by atoms with Gasteiger partial charge in [-0.2, -0.15) is 0 Å². The molecule has 1 aliphatic carbocycles. The van der Waals surface area contributed by atoms with Gasteiger partial charge in [-0.15, -0.1) is 0 Å². The number of esters is 1. The van der Waals surface area contributed by atoms with Crippen molar-refractivity contribution in [3.63, 3.8) is 0 Å². The molecule has 5 heteroatoms. The van der Waals surface area contributed by atoms with Crippen molar-refractivity contribution in [2.75, 3.05) is 14.2 Å². The third-order valence-corrected chi connectivity index (χ3v) is 3.15. The van der Waals surface area contributed by atoms with Crippen molar-refractivity contribution in [3.8, 4) is 11.6 Å². The molecule has 0 amide bonds. The van der Waals surface area contributed by atoms with E-state index in [4.69, 9.17) is 14.2 Å². The maximum absolute atomic E-state index is 11.4. The standard InChI is InChI=1S/C13H17NO4/c1-16-11-5-6-12(14-8-11)18-10-4-3-9(7-10)13(15)17-2/h5-6,8-10H,3-4,7H2,1-2H3/t9-,10+/m0/s1. The van der Waals surface area contributed by atoms with Gasteiger partial charge in [-0.25, -0.2) is 4.98 Å². The van der Waals surface area contributed by atoms with Gasteiger partial charge in [-0.1, -0.05) is 0 Å². The number of rotatable bonds is 4. The molecule has 1 saturated carbocycles. The Morgan fingerprint density at radius 2 is 2.17 bits per heavy atom. The Kier molecular flexibility index (Phi) is 4.02. The van der Waals surface area contributed by atoms with Crippen LogP contribution in [0.25, 0.3) is 0 Å². The Morgan fingerprint density at radius 3 is 2.78 bits per heavy atom. The zero-order valence-electron chi connectivity index (χ0n) is 10.6. The number of nitrogens with zero attached hydrogens (tertiary/aromatic N) is 1. The number of carbonyl (C=O) groups is 1. The summed E-state index contributed by atoms with van der Waals surface area (Å²) >= 11 is 0. The molecule has 0 unspecified atom stereocenters. The van der Waals surface area contributed by atoms with Crippen molar-refractivity contribution >= 4 is 5.97 Å². The van der Waals surface area contributed by atoms with Gasteiger partial charge in [0.25, 0.3) is 0 Å². The predicted molar refractivity (Wildman–Crippen MR) is 64.6 cm³/mol. The van der Waals surface area contributed by atoms with Crippen LogP contribution < -0.4 is 9.47 Å². The highest BCUT2D eigenvalue weighted by atomic mass is 16.5. The molecule has 1 heterocycles. The van der Waals surface area contributed by atoms with Gasteiger partial charge in [0.2, 0.25) is 5.88 Å². The summed E-state index contributed by atoms with van der Waals surface area (Å²) in [5.74, 6) is 1.06. The summed E-state index contributed by atoms with van der Waals surface area (Å²) in [6.07, 6.45) is 4.01. The quantitative estimate of drug-likeness (QED) is 0.764. The summed E-state index contributed by atoms with van der Waals surface area (Å²) in [4.78, 5) is 15.5. The van der Waals surface area contributed by atoms with E-state index in [2.05, 4.69) is 4.98 Å². The van der Waals surface area contributed by atoms with Crippen LogP contribution in [0.5, 0.6) is 11.6 Å². The van der Waals surface area contributed by atoms with Gasteiger partial charge >= 0.3 is 5.97 Å². The van der Waals surface area contributed by atoms with Crippen molar-refractivity contribution < 1.29 is 19.0 Å². The molecule has 0 radical (unpaired) electrons. The fourth-order valence-electron chi connectivity index (χ4n) is 2.16. The topological polar surface area (TPSA) is 57.7 Å². The number of aromatic nitrogens is 1. The Balaban J connectivity index is 1.89. The molecule has 5 nitrogen and oxygen atoms in total. The zero-order valence-corrected chi connectivity index (χ0v) is 10.6. The number of methoxy groups -OCH3 is 2. The first kappa shape index (κ1) is 12.7. The third kappa shape index (κ3) is 2.91. The minimum Gasteiger partial charge on any atom is -0.495 e. The molecule has 1 fully saturated rings. The SMILES string of the molecule is COC(=O)[C@H]1CC[C@@H](Oc2ccc(OC)cn2)C1. The number of pyridine rings is 1. The Morgan fingerprint density at radius 1 is 1.33 bits per heavy atom. The summed E-state index contributed by atoms with van der Waals surface area (Å²) < 4.78 is 15.5.